The maximum absolute atomic E-state index is 12.1. The van der Waals surface area contributed by atoms with E-state index < -0.39 is 12.1 Å². The van der Waals surface area contributed by atoms with Gasteiger partial charge >= 0.3 is 0 Å². The van der Waals surface area contributed by atoms with Crippen molar-refractivity contribution in [3.8, 4) is 0 Å². The second-order valence-electron chi connectivity index (χ2n) is 5.15. The highest BCUT2D eigenvalue weighted by Crippen LogP contribution is 2.25. The topological polar surface area (TPSA) is 58.2 Å². The molecule has 2 amide bonds. The fourth-order valence-corrected chi connectivity index (χ4v) is 2.71. The zero-order chi connectivity index (χ0) is 14.0. The van der Waals surface area contributed by atoms with E-state index in [1.165, 1.54) is 0 Å². The summed E-state index contributed by atoms with van der Waals surface area (Å²) in [5.74, 6) is 0.0854. The molecule has 2 N–H and O–H groups in total. The minimum atomic E-state index is -0.619. The Balaban J connectivity index is 2.17. The SMILES string of the molecule is CC(C)C[C@H]1NC(=O)C(c2ccccc2Br)NC1=O. The van der Waals surface area contributed by atoms with Crippen molar-refractivity contribution < 1.29 is 9.59 Å². The van der Waals surface area contributed by atoms with Gasteiger partial charge in [0.15, 0.2) is 0 Å². The monoisotopic (exact) mass is 324 g/mol. The first kappa shape index (κ1) is 14.1. The van der Waals surface area contributed by atoms with Crippen molar-refractivity contribution in [1.82, 2.24) is 10.6 Å². The Bertz CT molecular complexity index is 502. The summed E-state index contributed by atoms with van der Waals surface area (Å²) in [6.07, 6.45) is 0.653. The van der Waals surface area contributed by atoms with E-state index in [0.29, 0.717) is 12.3 Å². The van der Waals surface area contributed by atoms with Crippen molar-refractivity contribution in [1.29, 1.82) is 0 Å². The fourth-order valence-electron chi connectivity index (χ4n) is 2.19. The molecule has 1 heterocycles. The van der Waals surface area contributed by atoms with E-state index in [0.717, 1.165) is 10.0 Å². The minimum Gasteiger partial charge on any atom is -0.342 e. The number of carbonyl (C=O) groups excluding carboxylic acids is 2. The molecule has 0 bridgehead atoms. The molecular weight excluding hydrogens is 308 g/mol. The van der Waals surface area contributed by atoms with E-state index in [2.05, 4.69) is 26.6 Å². The maximum atomic E-state index is 12.1. The van der Waals surface area contributed by atoms with Gasteiger partial charge in [-0.3, -0.25) is 9.59 Å². The van der Waals surface area contributed by atoms with Crippen LogP contribution in [-0.2, 0) is 9.59 Å². The molecule has 1 aliphatic heterocycles. The van der Waals surface area contributed by atoms with Gasteiger partial charge in [0.05, 0.1) is 0 Å². The van der Waals surface area contributed by atoms with Gasteiger partial charge in [0, 0.05) is 4.47 Å². The van der Waals surface area contributed by atoms with Crippen LogP contribution >= 0.6 is 15.9 Å². The van der Waals surface area contributed by atoms with Crippen LogP contribution in [0.4, 0.5) is 0 Å². The molecule has 2 rings (SSSR count). The van der Waals surface area contributed by atoms with Gasteiger partial charge in [-0.25, -0.2) is 0 Å². The molecule has 1 aromatic rings. The van der Waals surface area contributed by atoms with E-state index >= 15 is 0 Å². The van der Waals surface area contributed by atoms with E-state index in [1.54, 1.807) is 0 Å². The van der Waals surface area contributed by atoms with Crippen LogP contribution in [0, 0.1) is 5.92 Å². The number of halogens is 1. The molecule has 1 saturated heterocycles. The van der Waals surface area contributed by atoms with Crippen LogP contribution in [0.2, 0.25) is 0 Å². The second-order valence-corrected chi connectivity index (χ2v) is 6.01. The molecule has 0 aromatic heterocycles. The summed E-state index contributed by atoms with van der Waals surface area (Å²) in [4.78, 5) is 24.2. The van der Waals surface area contributed by atoms with Gasteiger partial charge < -0.3 is 10.6 Å². The predicted molar refractivity (Wildman–Crippen MR) is 76.4 cm³/mol. The normalized spacial score (nSPS) is 23.2. The van der Waals surface area contributed by atoms with E-state index in [1.807, 2.05) is 38.1 Å². The van der Waals surface area contributed by atoms with Crippen molar-refractivity contribution in [2.45, 2.75) is 32.4 Å². The quantitative estimate of drug-likeness (QED) is 0.895. The molecule has 0 aliphatic carbocycles. The third kappa shape index (κ3) is 3.15. The standard InChI is InChI=1S/C14H17BrN2O2/c1-8(2)7-11-13(18)17-12(14(19)16-11)9-5-3-4-6-10(9)15/h3-6,8,11-12H,7H2,1-2H3,(H,16,19)(H,17,18)/t11-,12?/m1/s1. The van der Waals surface area contributed by atoms with Gasteiger partial charge in [0.25, 0.3) is 0 Å². The maximum Gasteiger partial charge on any atom is 0.247 e. The zero-order valence-corrected chi connectivity index (χ0v) is 12.5. The zero-order valence-electron chi connectivity index (χ0n) is 10.9. The molecule has 0 saturated carbocycles. The van der Waals surface area contributed by atoms with E-state index in [-0.39, 0.29) is 11.8 Å². The van der Waals surface area contributed by atoms with Gasteiger partial charge in [-0.05, 0) is 24.0 Å². The summed E-state index contributed by atoms with van der Waals surface area (Å²) in [5.41, 5.74) is 0.774. The van der Waals surface area contributed by atoms with Crippen molar-refractivity contribution in [3.05, 3.63) is 34.3 Å². The second kappa shape index (κ2) is 5.74. The minimum absolute atomic E-state index is 0.117. The van der Waals surface area contributed by atoms with Crippen LogP contribution in [-0.4, -0.2) is 17.9 Å². The van der Waals surface area contributed by atoms with Crippen LogP contribution in [0.5, 0.6) is 0 Å². The molecule has 102 valence electrons. The first-order valence-corrected chi connectivity index (χ1v) is 7.13. The average Bonchev–Trinajstić information content (AvgIpc) is 2.34. The van der Waals surface area contributed by atoms with Crippen LogP contribution in [0.25, 0.3) is 0 Å². The highest BCUT2D eigenvalue weighted by Gasteiger charge is 2.35. The summed E-state index contributed by atoms with van der Waals surface area (Å²) in [6.45, 7) is 4.05. The van der Waals surface area contributed by atoms with Gasteiger partial charge in [0.1, 0.15) is 12.1 Å². The lowest BCUT2D eigenvalue weighted by molar-refractivity contribution is -0.137. The fraction of sp³-hybridized carbons (Fsp3) is 0.429. The van der Waals surface area contributed by atoms with Crippen molar-refractivity contribution in [3.63, 3.8) is 0 Å². The Labute approximate surface area is 121 Å². The number of nitrogens with one attached hydrogen (secondary N) is 2. The molecule has 1 fully saturated rings. The number of piperazine rings is 1. The lowest BCUT2D eigenvalue weighted by Crippen LogP contribution is -2.57. The van der Waals surface area contributed by atoms with Crippen molar-refractivity contribution >= 4 is 27.7 Å². The molecule has 5 heteroatoms. The largest absolute Gasteiger partial charge is 0.342 e. The molecule has 2 atom stereocenters. The summed E-state index contributed by atoms with van der Waals surface area (Å²) in [7, 11) is 0. The number of hydrogen-bond acceptors (Lipinski definition) is 2. The number of benzene rings is 1. The first-order valence-electron chi connectivity index (χ1n) is 6.34. The van der Waals surface area contributed by atoms with Crippen LogP contribution < -0.4 is 10.6 Å². The molecule has 19 heavy (non-hydrogen) atoms. The third-order valence-electron chi connectivity index (χ3n) is 3.11. The molecule has 1 unspecified atom stereocenters. The molecule has 0 radical (unpaired) electrons. The molecule has 4 nitrogen and oxygen atoms in total. The Morgan fingerprint density at radius 2 is 1.84 bits per heavy atom. The summed E-state index contributed by atoms with van der Waals surface area (Å²) >= 11 is 3.40. The van der Waals surface area contributed by atoms with E-state index in [4.69, 9.17) is 0 Å². The third-order valence-corrected chi connectivity index (χ3v) is 3.83. The Morgan fingerprint density at radius 3 is 2.47 bits per heavy atom. The Morgan fingerprint density at radius 1 is 1.16 bits per heavy atom. The molecule has 0 spiro atoms. The number of carbonyl (C=O) groups is 2. The molecular formula is C14H17BrN2O2. The predicted octanol–water partition coefficient (Wildman–Crippen LogP) is 2.15. The first-order chi connectivity index (χ1) is 8.99. The number of rotatable bonds is 3. The number of amides is 2. The Kier molecular flexibility index (Phi) is 4.24. The van der Waals surface area contributed by atoms with Crippen molar-refractivity contribution in [2.75, 3.05) is 0 Å². The van der Waals surface area contributed by atoms with Gasteiger partial charge in [0.2, 0.25) is 11.8 Å². The molecule has 1 aromatic carbocycles. The summed E-state index contributed by atoms with van der Waals surface area (Å²) in [5, 5.41) is 5.60. The van der Waals surface area contributed by atoms with Crippen LogP contribution in [0.3, 0.4) is 0 Å². The number of hydrogen-bond donors (Lipinski definition) is 2. The highest BCUT2D eigenvalue weighted by atomic mass is 79.9. The highest BCUT2D eigenvalue weighted by molar-refractivity contribution is 9.10. The lowest BCUT2D eigenvalue weighted by atomic mass is 9.97. The Hall–Kier alpha value is -1.36. The van der Waals surface area contributed by atoms with Gasteiger partial charge in [-0.15, -0.1) is 0 Å². The summed E-state index contributed by atoms with van der Waals surface area (Å²) < 4.78 is 0.817. The average molecular weight is 325 g/mol. The summed E-state index contributed by atoms with van der Waals surface area (Å²) in [6, 6.07) is 6.36. The van der Waals surface area contributed by atoms with Gasteiger partial charge in [-0.1, -0.05) is 48.0 Å². The van der Waals surface area contributed by atoms with Crippen molar-refractivity contribution in [2.24, 2.45) is 5.92 Å². The molecule has 1 aliphatic rings. The lowest BCUT2D eigenvalue weighted by Gasteiger charge is -2.31. The van der Waals surface area contributed by atoms with Crippen LogP contribution in [0.15, 0.2) is 28.7 Å². The van der Waals surface area contributed by atoms with Gasteiger partial charge in [-0.2, -0.15) is 0 Å². The smallest absolute Gasteiger partial charge is 0.247 e. The van der Waals surface area contributed by atoms with E-state index in [9.17, 15) is 9.59 Å². The van der Waals surface area contributed by atoms with Crippen LogP contribution in [0.1, 0.15) is 31.9 Å².